The predicted molar refractivity (Wildman–Crippen MR) is 73.3 cm³/mol. The molecule has 1 amide bonds. The fraction of sp³-hybridized carbons (Fsp3) is 0.333. The van der Waals surface area contributed by atoms with Crippen molar-refractivity contribution >= 4 is 5.91 Å². The summed E-state index contributed by atoms with van der Waals surface area (Å²) in [5.74, 6) is -0.360. The maximum absolute atomic E-state index is 12.5. The molecule has 3 rings (SSSR count). The molecule has 0 fully saturated rings. The van der Waals surface area contributed by atoms with Gasteiger partial charge in [-0.2, -0.15) is 18.3 Å². The van der Waals surface area contributed by atoms with Gasteiger partial charge in [0, 0.05) is 23.7 Å². The molecule has 1 atom stereocenters. The SMILES string of the molecule is O=C(NC1CCc2cn[nH]c2C1)c1ccc(C(F)(F)F)cc1. The highest BCUT2D eigenvalue weighted by atomic mass is 19.4. The van der Waals surface area contributed by atoms with Crippen molar-refractivity contribution < 1.29 is 18.0 Å². The summed E-state index contributed by atoms with van der Waals surface area (Å²) in [6, 6.07) is 4.19. The molecule has 116 valence electrons. The zero-order valence-electron chi connectivity index (χ0n) is 11.6. The minimum atomic E-state index is -4.39. The Kier molecular flexibility index (Phi) is 3.64. The summed E-state index contributed by atoms with van der Waals surface area (Å²) in [7, 11) is 0. The maximum Gasteiger partial charge on any atom is 0.416 e. The van der Waals surface area contributed by atoms with Crippen molar-refractivity contribution in [3.8, 4) is 0 Å². The first kappa shape index (κ1) is 14.6. The van der Waals surface area contributed by atoms with Crippen LogP contribution in [0.1, 0.15) is 33.6 Å². The van der Waals surface area contributed by atoms with Gasteiger partial charge in [0.1, 0.15) is 0 Å². The third-order valence-electron chi connectivity index (χ3n) is 3.83. The van der Waals surface area contributed by atoms with E-state index in [-0.39, 0.29) is 17.5 Å². The number of aromatic amines is 1. The van der Waals surface area contributed by atoms with E-state index < -0.39 is 11.7 Å². The highest BCUT2D eigenvalue weighted by molar-refractivity contribution is 5.94. The number of hydrogen-bond donors (Lipinski definition) is 2. The van der Waals surface area contributed by atoms with E-state index in [2.05, 4.69) is 15.5 Å². The summed E-state index contributed by atoms with van der Waals surface area (Å²) in [4.78, 5) is 12.1. The molecule has 0 aliphatic heterocycles. The molecule has 0 bridgehead atoms. The number of fused-ring (bicyclic) bond motifs is 1. The van der Waals surface area contributed by atoms with Gasteiger partial charge < -0.3 is 5.32 Å². The Labute approximate surface area is 124 Å². The van der Waals surface area contributed by atoms with Crippen LogP contribution in [-0.4, -0.2) is 22.1 Å². The van der Waals surface area contributed by atoms with Gasteiger partial charge in [-0.3, -0.25) is 9.89 Å². The standard InChI is InChI=1S/C15H14F3N3O/c16-15(17,18)11-4-1-9(2-5-11)14(22)20-12-6-3-10-8-19-21-13(10)7-12/h1-2,4-5,8,12H,3,6-7H2,(H,19,21)(H,20,22). The lowest BCUT2D eigenvalue weighted by atomic mass is 9.93. The largest absolute Gasteiger partial charge is 0.416 e. The first-order valence-electron chi connectivity index (χ1n) is 6.93. The second-order valence-corrected chi connectivity index (χ2v) is 5.36. The molecule has 1 aromatic carbocycles. The van der Waals surface area contributed by atoms with E-state index in [1.807, 2.05) is 0 Å². The number of carbonyl (C=O) groups excluding carboxylic acids is 1. The first-order chi connectivity index (χ1) is 10.4. The molecule has 1 aromatic heterocycles. The van der Waals surface area contributed by atoms with Crippen LogP contribution in [0.3, 0.4) is 0 Å². The number of aryl methyl sites for hydroxylation is 1. The van der Waals surface area contributed by atoms with Crippen molar-refractivity contribution in [1.82, 2.24) is 15.5 Å². The summed E-state index contributed by atoms with van der Waals surface area (Å²) in [6.07, 6.45) is -0.344. The van der Waals surface area contributed by atoms with E-state index in [9.17, 15) is 18.0 Å². The zero-order chi connectivity index (χ0) is 15.7. The smallest absolute Gasteiger partial charge is 0.349 e. The predicted octanol–water partition coefficient (Wildman–Crippen LogP) is 2.72. The van der Waals surface area contributed by atoms with Crippen LogP contribution >= 0.6 is 0 Å². The number of hydrogen-bond acceptors (Lipinski definition) is 2. The van der Waals surface area contributed by atoms with Crippen molar-refractivity contribution in [2.45, 2.75) is 31.5 Å². The van der Waals surface area contributed by atoms with E-state index in [0.717, 1.165) is 36.2 Å². The normalized spacial score (nSPS) is 17.9. The highest BCUT2D eigenvalue weighted by Crippen LogP contribution is 2.29. The highest BCUT2D eigenvalue weighted by Gasteiger charge is 2.30. The number of carbonyl (C=O) groups is 1. The van der Waals surface area contributed by atoms with Crippen LogP contribution < -0.4 is 5.32 Å². The lowest BCUT2D eigenvalue weighted by molar-refractivity contribution is -0.137. The van der Waals surface area contributed by atoms with Crippen molar-refractivity contribution in [2.24, 2.45) is 0 Å². The van der Waals surface area contributed by atoms with E-state index in [4.69, 9.17) is 0 Å². The molecule has 22 heavy (non-hydrogen) atoms. The molecule has 1 aliphatic carbocycles. The lowest BCUT2D eigenvalue weighted by Crippen LogP contribution is -2.38. The second-order valence-electron chi connectivity index (χ2n) is 5.36. The van der Waals surface area contributed by atoms with Crippen LogP contribution in [0, 0.1) is 0 Å². The topological polar surface area (TPSA) is 57.8 Å². The molecule has 2 N–H and O–H groups in total. The minimum Gasteiger partial charge on any atom is -0.349 e. The quantitative estimate of drug-likeness (QED) is 0.896. The van der Waals surface area contributed by atoms with Gasteiger partial charge in [-0.15, -0.1) is 0 Å². The molecule has 0 saturated heterocycles. The van der Waals surface area contributed by atoms with E-state index in [1.165, 1.54) is 12.1 Å². The van der Waals surface area contributed by atoms with Gasteiger partial charge in [-0.05, 0) is 42.7 Å². The van der Waals surface area contributed by atoms with E-state index >= 15 is 0 Å². The summed E-state index contributed by atoms with van der Waals surface area (Å²) in [6.45, 7) is 0. The number of H-pyrrole nitrogens is 1. The summed E-state index contributed by atoms with van der Waals surface area (Å²) in [5.41, 5.74) is 1.62. The molecule has 1 unspecified atom stereocenters. The number of rotatable bonds is 2. The molecule has 0 spiro atoms. The fourth-order valence-electron chi connectivity index (χ4n) is 2.61. The van der Waals surface area contributed by atoms with Crippen molar-refractivity contribution in [3.05, 3.63) is 52.8 Å². The molecule has 4 nitrogen and oxygen atoms in total. The molecule has 2 aromatic rings. The zero-order valence-corrected chi connectivity index (χ0v) is 11.6. The monoisotopic (exact) mass is 309 g/mol. The third-order valence-corrected chi connectivity index (χ3v) is 3.83. The van der Waals surface area contributed by atoms with Crippen LogP contribution in [0.15, 0.2) is 30.5 Å². The van der Waals surface area contributed by atoms with E-state index in [1.54, 1.807) is 6.20 Å². The summed E-state index contributed by atoms with van der Waals surface area (Å²) in [5, 5.41) is 9.72. The Balaban J connectivity index is 1.65. The van der Waals surface area contributed by atoms with Gasteiger partial charge in [-0.25, -0.2) is 0 Å². The maximum atomic E-state index is 12.5. The second kappa shape index (κ2) is 5.47. The number of benzene rings is 1. The first-order valence-corrected chi connectivity index (χ1v) is 6.93. The molecule has 1 heterocycles. The molecule has 7 heteroatoms. The van der Waals surface area contributed by atoms with Crippen LogP contribution in [0.4, 0.5) is 13.2 Å². The number of nitrogens with zero attached hydrogens (tertiary/aromatic N) is 1. The molecule has 0 radical (unpaired) electrons. The van der Waals surface area contributed by atoms with Gasteiger partial charge in [0.2, 0.25) is 0 Å². The van der Waals surface area contributed by atoms with Crippen molar-refractivity contribution in [2.75, 3.05) is 0 Å². The van der Waals surface area contributed by atoms with Crippen LogP contribution in [0.25, 0.3) is 0 Å². The summed E-state index contributed by atoms with van der Waals surface area (Å²) < 4.78 is 37.5. The van der Waals surface area contributed by atoms with Crippen molar-refractivity contribution in [1.29, 1.82) is 0 Å². The summed E-state index contributed by atoms with van der Waals surface area (Å²) >= 11 is 0. The minimum absolute atomic E-state index is 0.0391. The van der Waals surface area contributed by atoms with Crippen molar-refractivity contribution in [3.63, 3.8) is 0 Å². The molecule has 0 saturated carbocycles. The molecule has 1 aliphatic rings. The fourth-order valence-corrected chi connectivity index (χ4v) is 2.61. The number of amides is 1. The van der Waals surface area contributed by atoms with E-state index in [0.29, 0.717) is 6.42 Å². The Morgan fingerprint density at radius 3 is 2.68 bits per heavy atom. The van der Waals surface area contributed by atoms with Crippen LogP contribution in [0.5, 0.6) is 0 Å². The van der Waals surface area contributed by atoms with Crippen LogP contribution in [0.2, 0.25) is 0 Å². The lowest BCUT2D eigenvalue weighted by Gasteiger charge is -2.22. The number of alkyl halides is 3. The van der Waals surface area contributed by atoms with Gasteiger partial charge in [0.25, 0.3) is 5.91 Å². The van der Waals surface area contributed by atoms with Gasteiger partial charge in [-0.1, -0.05) is 0 Å². The number of aromatic nitrogens is 2. The Hall–Kier alpha value is -2.31. The average Bonchev–Trinajstić information content (AvgIpc) is 2.94. The molecular formula is C15H14F3N3O. The Morgan fingerprint density at radius 1 is 1.27 bits per heavy atom. The van der Waals surface area contributed by atoms with Gasteiger partial charge in [0.05, 0.1) is 11.8 Å². The Bertz CT molecular complexity index is 676. The van der Waals surface area contributed by atoms with Gasteiger partial charge in [0.15, 0.2) is 0 Å². The van der Waals surface area contributed by atoms with Gasteiger partial charge >= 0.3 is 6.18 Å². The number of halogens is 3. The third kappa shape index (κ3) is 2.98. The molecular weight excluding hydrogens is 295 g/mol. The number of nitrogens with one attached hydrogen (secondary N) is 2. The van der Waals surface area contributed by atoms with Crippen LogP contribution in [-0.2, 0) is 19.0 Å². The Morgan fingerprint density at radius 2 is 2.00 bits per heavy atom. The average molecular weight is 309 g/mol.